The molecule has 0 aromatic heterocycles. The van der Waals surface area contributed by atoms with Crippen LogP contribution in [-0.2, 0) is 14.8 Å². The van der Waals surface area contributed by atoms with E-state index in [0.717, 1.165) is 5.56 Å². The minimum atomic E-state index is -3.65. The Morgan fingerprint density at radius 1 is 1.14 bits per heavy atom. The molecule has 2 aromatic rings. The predicted octanol–water partition coefficient (Wildman–Crippen LogP) is 2.23. The van der Waals surface area contributed by atoms with Crippen molar-refractivity contribution < 1.29 is 17.9 Å². The van der Waals surface area contributed by atoms with Gasteiger partial charge in [0.15, 0.2) is 0 Å². The summed E-state index contributed by atoms with van der Waals surface area (Å²) in [5, 5.41) is 4.00. The fraction of sp³-hybridized carbons (Fsp3) is 0.300. The van der Waals surface area contributed by atoms with Gasteiger partial charge in [-0.1, -0.05) is 43.3 Å². The van der Waals surface area contributed by atoms with E-state index in [1.54, 1.807) is 18.3 Å². The second-order valence-corrected chi connectivity index (χ2v) is 8.40. The van der Waals surface area contributed by atoms with E-state index < -0.39 is 15.9 Å². The van der Waals surface area contributed by atoms with Crippen molar-refractivity contribution in [3.63, 3.8) is 0 Å². The number of benzene rings is 2. The van der Waals surface area contributed by atoms with Crippen molar-refractivity contribution in [2.24, 2.45) is 5.10 Å². The third-order valence-electron chi connectivity index (χ3n) is 4.49. The lowest BCUT2D eigenvalue weighted by Gasteiger charge is -2.26. The predicted molar refractivity (Wildman–Crippen MR) is 107 cm³/mol. The summed E-state index contributed by atoms with van der Waals surface area (Å²) < 4.78 is 32.0. The van der Waals surface area contributed by atoms with Gasteiger partial charge in [-0.05, 0) is 23.8 Å². The van der Waals surface area contributed by atoms with E-state index in [4.69, 9.17) is 4.74 Å². The lowest BCUT2D eigenvalue weighted by Crippen LogP contribution is -2.40. The van der Waals surface area contributed by atoms with Crippen LogP contribution in [0.2, 0.25) is 0 Å². The molecule has 1 atom stereocenters. The number of amides is 1. The van der Waals surface area contributed by atoms with Crippen molar-refractivity contribution in [1.82, 2.24) is 9.73 Å². The van der Waals surface area contributed by atoms with E-state index in [1.807, 2.05) is 37.3 Å². The van der Waals surface area contributed by atoms with Crippen molar-refractivity contribution in [3.8, 4) is 0 Å². The molecule has 0 bridgehead atoms. The highest BCUT2D eigenvalue weighted by molar-refractivity contribution is 7.89. The number of sulfonamides is 1. The molecule has 1 N–H and O–H groups in total. The average molecular weight is 401 g/mol. The van der Waals surface area contributed by atoms with Crippen molar-refractivity contribution in [1.29, 1.82) is 0 Å². The summed E-state index contributed by atoms with van der Waals surface area (Å²) in [4.78, 5) is 12.5. The van der Waals surface area contributed by atoms with E-state index in [2.05, 4.69) is 10.5 Å². The maximum Gasteiger partial charge on any atom is 0.271 e. The Kier molecular flexibility index (Phi) is 6.56. The van der Waals surface area contributed by atoms with Crippen molar-refractivity contribution in [2.75, 3.05) is 26.3 Å². The molecule has 0 spiro atoms. The first-order valence-electron chi connectivity index (χ1n) is 9.05. The molecule has 148 valence electrons. The second kappa shape index (κ2) is 9.09. The Morgan fingerprint density at radius 3 is 2.57 bits per heavy atom. The molecule has 1 fully saturated rings. The van der Waals surface area contributed by atoms with Gasteiger partial charge in [-0.2, -0.15) is 9.41 Å². The Morgan fingerprint density at radius 2 is 1.86 bits per heavy atom. The van der Waals surface area contributed by atoms with Gasteiger partial charge in [0.25, 0.3) is 5.91 Å². The number of nitrogens with zero attached hydrogens (tertiary/aromatic N) is 2. The zero-order valence-corrected chi connectivity index (χ0v) is 16.4. The lowest BCUT2D eigenvalue weighted by molar-refractivity contribution is 0.0730. The number of hydrogen-bond donors (Lipinski definition) is 1. The van der Waals surface area contributed by atoms with Crippen LogP contribution in [0.15, 0.2) is 64.6 Å². The minimum absolute atomic E-state index is 0.0366. The summed E-state index contributed by atoms with van der Waals surface area (Å²) in [6.45, 7) is 3.32. The first kappa shape index (κ1) is 20.2. The Hall–Kier alpha value is -2.55. The molecule has 1 saturated heterocycles. The van der Waals surface area contributed by atoms with Gasteiger partial charge < -0.3 is 4.74 Å². The summed E-state index contributed by atoms with van der Waals surface area (Å²) >= 11 is 0. The standard InChI is InChI=1S/C20H23N3O4S/c1-16(17-6-3-2-4-7-17)15-21-22-20(24)18-8-5-9-19(14-18)28(25,26)23-10-12-27-13-11-23/h2-9,14-16H,10-13H2,1H3,(H,22,24)/b21-15-/t16-/m0/s1. The molecule has 0 unspecified atom stereocenters. The van der Waals surface area contributed by atoms with Crippen molar-refractivity contribution in [2.45, 2.75) is 17.7 Å². The zero-order valence-electron chi connectivity index (χ0n) is 15.6. The Labute approximate surface area is 165 Å². The summed E-state index contributed by atoms with van der Waals surface area (Å²) in [6, 6.07) is 15.8. The summed E-state index contributed by atoms with van der Waals surface area (Å²) in [7, 11) is -3.65. The van der Waals surface area contributed by atoms with E-state index >= 15 is 0 Å². The molecule has 7 nitrogen and oxygen atoms in total. The molecule has 1 aliphatic rings. The first-order chi connectivity index (χ1) is 13.5. The number of carbonyl (C=O) groups excluding carboxylic acids is 1. The van der Waals surface area contributed by atoms with Gasteiger partial charge >= 0.3 is 0 Å². The highest BCUT2D eigenvalue weighted by Crippen LogP contribution is 2.18. The molecule has 1 amide bonds. The van der Waals surface area contributed by atoms with E-state index in [0.29, 0.717) is 26.3 Å². The van der Waals surface area contributed by atoms with Crippen LogP contribution in [0.3, 0.4) is 0 Å². The fourth-order valence-corrected chi connectivity index (χ4v) is 4.30. The number of ether oxygens (including phenoxy) is 1. The van der Waals surface area contributed by atoms with Crippen LogP contribution in [0.4, 0.5) is 0 Å². The summed E-state index contributed by atoms with van der Waals surface area (Å²) in [5.74, 6) is -0.426. The van der Waals surface area contributed by atoms with Crippen LogP contribution in [0, 0.1) is 0 Å². The molecular formula is C20H23N3O4S. The van der Waals surface area contributed by atoms with E-state index in [1.165, 1.54) is 16.4 Å². The average Bonchev–Trinajstić information content (AvgIpc) is 2.75. The molecule has 1 aliphatic heterocycles. The largest absolute Gasteiger partial charge is 0.379 e. The van der Waals surface area contributed by atoms with Crippen LogP contribution in [-0.4, -0.2) is 51.1 Å². The SMILES string of the molecule is C[C@@H](/C=N\NC(=O)c1cccc(S(=O)(=O)N2CCOCC2)c1)c1ccccc1. The highest BCUT2D eigenvalue weighted by atomic mass is 32.2. The Bertz CT molecular complexity index is 939. The molecule has 0 aliphatic carbocycles. The van der Waals surface area contributed by atoms with Crippen molar-refractivity contribution >= 4 is 22.1 Å². The molecule has 2 aromatic carbocycles. The number of rotatable bonds is 6. The molecule has 28 heavy (non-hydrogen) atoms. The van der Waals surface area contributed by atoms with Crippen LogP contribution >= 0.6 is 0 Å². The minimum Gasteiger partial charge on any atom is -0.379 e. The normalized spacial score (nSPS) is 16.8. The molecule has 0 saturated carbocycles. The number of hydrogen-bond acceptors (Lipinski definition) is 5. The third kappa shape index (κ3) is 4.83. The van der Waals surface area contributed by atoms with Crippen LogP contribution < -0.4 is 5.43 Å². The monoisotopic (exact) mass is 401 g/mol. The first-order valence-corrected chi connectivity index (χ1v) is 10.5. The number of carbonyl (C=O) groups is 1. The molecule has 3 rings (SSSR count). The molecule has 0 radical (unpaired) electrons. The second-order valence-electron chi connectivity index (χ2n) is 6.46. The van der Waals surface area contributed by atoms with Gasteiger partial charge in [0.05, 0.1) is 18.1 Å². The maximum atomic E-state index is 12.7. The van der Waals surface area contributed by atoms with Gasteiger partial charge in [0.2, 0.25) is 10.0 Å². The van der Waals surface area contributed by atoms with Gasteiger partial charge in [-0.3, -0.25) is 4.79 Å². The van der Waals surface area contributed by atoms with Gasteiger partial charge in [0, 0.05) is 30.8 Å². The zero-order chi connectivity index (χ0) is 20.0. The summed E-state index contributed by atoms with van der Waals surface area (Å²) in [5.41, 5.74) is 3.78. The molecule has 8 heteroatoms. The lowest BCUT2D eigenvalue weighted by atomic mass is 10.0. The van der Waals surface area contributed by atoms with E-state index in [9.17, 15) is 13.2 Å². The number of nitrogens with one attached hydrogen (secondary N) is 1. The fourth-order valence-electron chi connectivity index (χ4n) is 2.85. The highest BCUT2D eigenvalue weighted by Gasteiger charge is 2.26. The third-order valence-corrected chi connectivity index (χ3v) is 6.39. The van der Waals surface area contributed by atoms with Crippen LogP contribution in [0.5, 0.6) is 0 Å². The van der Waals surface area contributed by atoms with Gasteiger partial charge in [-0.25, -0.2) is 13.8 Å². The van der Waals surface area contributed by atoms with E-state index in [-0.39, 0.29) is 16.4 Å². The quantitative estimate of drug-likeness (QED) is 0.594. The summed E-state index contributed by atoms with van der Waals surface area (Å²) in [6.07, 6.45) is 1.64. The topological polar surface area (TPSA) is 88.1 Å². The van der Waals surface area contributed by atoms with Gasteiger partial charge in [-0.15, -0.1) is 0 Å². The molecule has 1 heterocycles. The number of hydrazone groups is 1. The van der Waals surface area contributed by atoms with Crippen molar-refractivity contribution in [3.05, 3.63) is 65.7 Å². The molecular weight excluding hydrogens is 378 g/mol. The maximum absolute atomic E-state index is 12.7. The Balaban J connectivity index is 1.68. The number of morpholine rings is 1. The van der Waals surface area contributed by atoms with Gasteiger partial charge in [0.1, 0.15) is 0 Å². The van der Waals surface area contributed by atoms with Crippen LogP contribution in [0.25, 0.3) is 0 Å². The van der Waals surface area contributed by atoms with Crippen LogP contribution in [0.1, 0.15) is 28.8 Å². The smallest absolute Gasteiger partial charge is 0.271 e.